The van der Waals surface area contributed by atoms with E-state index in [4.69, 9.17) is 5.26 Å². The molecule has 0 heterocycles. The smallest absolute Gasteiger partial charge is 0.123 e. The lowest BCUT2D eigenvalue weighted by Gasteiger charge is -2.13. The standard InChI is InChI=1S/C14H19FN2/c1-12(17-10-4-2-3-9-16)11-13-5-7-14(15)8-6-13/h5-8,12,17H,2-4,10-11H2,1H3. The highest BCUT2D eigenvalue weighted by Crippen LogP contribution is 2.05. The Balaban J connectivity index is 2.18. The number of hydrogen-bond donors (Lipinski definition) is 1. The van der Waals surface area contributed by atoms with Crippen molar-refractivity contribution in [1.82, 2.24) is 5.32 Å². The van der Waals surface area contributed by atoms with E-state index in [2.05, 4.69) is 18.3 Å². The highest BCUT2D eigenvalue weighted by Gasteiger charge is 2.02. The molecule has 1 N–H and O–H groups in total. The predicted molar refractivity (Wildman–Crippen MR) is 67.0 cm³/mol. The van der Waals surface area contributed by atoms with Crippen LogP contribution in [0.25, 0.3) is 0 Å². The summed E-state index contributed by atoms with van der Waals surface area (Å²) in [4.78, 5) is 0. The van der Waals surface area contributed by atoms with Crippen LogP contribution in [0.2, 0.25) is 0 Å². The third-order valence-corrected chi connectivity index (χ3v) is 2.66. The van der Waals surface area contributed by atoms with Crippen LogP contribution >= 0.6 is 0 Å². The fraction of sp³-hybridized carbons (Fsp3) is 0.500. The van der Waals surface area contributed by atoms with Crippen LogP contribution in [0.15, 0.2) is 24.3 Å². The van der Waals surface area contributed by atoms with E-state index in [1.807, 2.05) is 12.1 Å². The third-order valence-electron chi connectivity index (χ3n) is 2.66. The first-order valence-corrected chi connectivity index (χ1v) is 6.07. The molecule has 0 aliphatic heterocycles. The van der Waals surface area contributed by atoms with Gasteiger partial charge < -0.3 is 5.32 Å². The zero-order chi connectivity index (χ0) is 12.5. The van der Waals surface area contributed by atoms with Gasteiger partial charge in [-0.3, -0.25) is 0 Å². The summed E-state index contributed by atoms with van der Waals surface area (Å²) in [6, 6.07) is 9.15. The molecule has 0 aromatic heterocycles. The summed E-state index contributed by atoms with van der Waals surface area (Å²) in [5, 5.41) is 11.8. The van der Waals surface area contributed by atoms with Gasteiger partial charge in [0.05, 0.1) is 6.07 Å². The summed E-state index contributed by atoms with van der Waals surface area (Å²) >= 11 is 0. The zero-order valence-electron chi connectivity index (χ0n) is 10.2. The maximum atomic E-state index is 12.7. The highest BCUT2D eigenvalue weighted by atomic mass is 19.1. The SMILES string of the molecule is CC(Cc1ccc(F)cc1)NCCCCC#N. The maximum Gasteiger partial charge on any atom is 0.123 e. The minimum atomic E-state index is -0.189. The number of rotatable bonds is 7. The fourth-order valence-electron chi connectivity index (χ4n) is 1.72. The number of benzene rings is 1. The van der Waals surface area contributed by atoms with Gasteiger partial charge in [0.25, 0.3) is 0 Å². The van der Waals surface area contributed by atoms with E-state index in [-0.39, 0.29) is 5.82 Å². The summed E-state index contributed by atoms with van der Waals surface area (Å²) in [7, 11) is 0. The van der Waals surface area contributed by atoms with Crippen molar-refractivity contribution in [3.8, 4) is 6.07 Å². The molecule has 0 saturated heterocycles. The van der Waals surface area contributed by atoms with Crippen LogP contribution in [0.1, 0.15) is 31.7 Å². The van der Waals surface area contributed by atoms with E-state index < -0.39 is 0 Å². The first kappa shape index (κ1) is 13.7. The fourth-order valence-corrected chi connectivity index (χ4v) is 1.72. The van der Waals surface area contributed by atoms with E-state index in [1.54, 1.807) is 0 Å². The second-order valence-corrected chi connectivity index (χ2v) is 4.30. The van der Waals surface area contributed by atoms with E-state index >= 15 is 0 Å². The Morgan fingerprint density at radius 2 is 2.00 bits per heavy atom. The molecular weight excluding hydrogens is 215 g/mol. The van der Waals surface area contributed by atoms with Crippen molar-refractivity contribution < 1.29 is 4.39 Å². The van der Waals surface area contributed by atoms with Crippen LogP contribution in [0.5, 0.6) is 0 Å². The predicted octanol–water partition coefficient (Wildman–Crippen LogP) is 3.04. The second-order valence-electron chi connectivity index (χ2n) is 4.30. The number of halogens is 1. The molecule has 1 atom stereocenters. The van der Waals surface area contributed by atoms with Gasteiger partial charge in [0.15, 0.2) is 0 Å². The van der Waals surface area contributed by atoms with Crippen LogP contribution in [0.4, 0.5) is 4.39 Å². The molecule has 0 radical (unpaired) electrons. The zero-order valence-corrected chi connectivity index (χ0v) is 10.2. The van der Waals surface area contributed by atoms with Gasteiger partial charge in [-0.25, -0.2) is 4.39 Å². The van der Waals surface area contributed by atoms with Crippen molar-refractivity contribution in [2.75, 3.05) is 6.54 Å². The largest absolute Gasteiger partial charge is 0.314 e. The van der Waals surface area contributed by atoms with Crippen LogP contribution in [-0.2, 0) is 6.42 Å². The minimum Gasteiger partial charge on any atom is -0.314 e. The third kappa shape index (κ3) is 6.03. The van der Waals surface area contributed by atoms with Crippen molar-refractivity contribution in [3.63, 3.8) is 0 Å². The lowest BCUT2D eigenvalue weighted by Crippen LogP contribution is -2.28. The first-order valence-electron chi connectivity index (χ1n) is 6.07. The molecule has 0 amide bonds. The average molecular weight is 234 g/mol. The monoisotopic (exact) mass is 234 g/mol. The molecule has 0 aliphatic carbocycles. The summed E-state index contributed by atoms with van der Waals surface area (Å²) < 4.78 is 12.7. The van der Waals surface area contributed by atoms with Gasteiger partial charge in [-0.2, -0.15) is 5.26 Å². The molecule has 0 bridgehead atoms. The lowest BCUT2D eigenvalue weighted by molar-refractivity contribution is 0.526. The van der Waals surface area contributed by atoms with E-state index in [0.29, 0.717) is 12.5 Å². The number of nitrogens with zero attached hydrogens (tertiary/aromatic N) is 1. The molecule has 1 aromatic rings. The van der Waals surface area contributed by atoms with Crippen LogP contribution < -0.4 is 5.32 Å². The van der Waals surface area contributed by atoms with Gasteiger partial charge in [0, 0.05) is 12.5 Å². The Morgan fingerprint density at radius 3 is 2.65 bits per heavy atom. The quantitative estimate of drug-likeness (QED) is 0.736. The lowest BCUT2D eigenvalue weighted by atomic mass is 10.1. The van der Waals surface area contributed by atoms with Crippen LogP contribution in [0.3, 0.4) is 0 Å². The number of nitriles is 1. The van der Waals surface area contributed by atoms with E-state index in [1.165, 1.54) is 12.1 Å². The van der Waals surface area contributed by atoms with Crippen molar-refractivity contribution in [2.24, 2.45) is 0 Å². The molecule has 0 aliphatic rings. The Kier molecular flexibility index (Phi) is 6.27. The first-order chi connectivity index (χ1) is 8.22. The Bertz CT molecular complexity index is 353. The number of hydrogen-bond acceptors (Lipinski definition) is 2. The summed E-state index contributed by atoms with van der Waals surface area (Å²) in [5.41, 5.74) is 1.14. The second kappa shape index (κ2) is 7.81. The van der Waals surface area contributed by atoms with Gasteiger partial charge in [0.2, 0.25) is 0 Å². The molecule has 2 nitrogen and oxygen atoms in total. The number of nitrogens with one attached hydrogen (secondary N) is 1. The van der Waals surface area contributed by atoms with Crippen molar-refractivity contribution >= 4 is 0 Å². The van der Waals surface area contributed by atoms with Crippen molar-refractivity contribution in [2.45, 2.75) is 38.6 Å². The van der Waals surface area contributed by atoms with Crippen LogP contribution in [-0.4, -0.2) is 12.6 Å². The molecule has 1 unspecified atom stereocenters. The molecule has 0 fully saturated rings. The van der Waals surface area contributed by atoms with Crippen molar-refractivity contribution in [3.05, 3.63) is 35.6 Å². The number of unbranched alkanes of at least 4 members (excludes halogenated alkanes) is 2. The maximum absolute atomic E-state index is 12.7. The van der Waals surface area contributed by atoms with E-state index in [0.717, 1.165) is 31.4 Å². The van der Waals surface area contributed by atoms with Gasteiger partial charge in [-0.1, -0.05) is 12.1 Å². The summed E-state index contributed by atoms with van der Waals surface area (Å²) in [5.74, 6) is -0.189. The summed E-state index contributed by atoms with van der Waals surface area (Å²) in [6.45, 7) is 3.05. The Hall–Kier alpha value is -1.40. The van der Waals surface area contributed by atoms with Crippen molar-refractivity contribution in [1.29, 1.82) is 5.26 Å². The average Bonchev–Trinajstić information content (AvgIpc) is 2.32. The molecule has 1 rings (SSSR count). The molecule has 3 heteroatoms. The molecule has 1 aromatic carbocycles. The van der Waals surface area contributed by atoms with Gasteiger partial charge >= 0.3 is 0 Å². The Morgan fingerprint density at radius 1 is 1.29 bits per heavy atom. The molecule has 0 saturated carbocycles. The molecule has 17 heavy (non-hydrogen) atoms. The van der Waals surface area contributed by atoms with Gasteiger partial charge in [0.1, 0.15) is 5.82 Å². The van der Waals surface area contributed by atoms with Crippen LogP contribution in [0, 0.1) is 17.1 Å². The molecule has 92 valence electrons. The van der Waals surface area contributed by atoms with Gasteiger partial charge in [-0.15, -0.1) is 0 Å². The normalized spacial score (nSPS) is 12.1. The topological polar surface area (TPSA) is 35.8 Å². The highest BCUT2D eigenvalue weighted by molar-refractivity contribution is 5.16. The molecular formula is C14H19FN2. The molecule has 0 spiro atoms. The summed E-state index contributed by atoms with van der Waals surface area (Å²) in [6.07, 6.45) is 3.51. The van der Waals surface area contributed by atoms with E-state index in [9.17, 15) is 4.39 Å². The minimum absolute atomic E-state index is 0.189. The Labute approximate surface area is 102 Å². The van der Waals surface area contributed by atoms with Gasteiger partial charge in [-0.05, 0) is 50.4 Å².